The quantitative estimate of drug-likeness (QED) is 0.719. The molecule has 2 aromatic carbocycles. The lowest BCUT2D eigenvalue weighted by molar-refractivity contribution is 0.465. The number of nitrogens with one attached hydrogen (secondary N) is 1. The van der Waals surface area contributed by atoms with E-state index in [4.69, 9.17) is 0 Å². The van der Waals surface area contributed by atoms with E-state index in [1.165, 1.54) is 27.6 Å². The van der Waals surface area contributed by atoms with E-state index < -0.39 is 0 Å². The van der Waals surface area contributed by atoms with Gasteiger partial charge in [0.2, 0.25) is 0 Å². The van der Waals surface area contributed by atoms with Crippen LogP contribution in [0.25, 0.3) is 0 Å². The van der Waals surface area contributed by atoms with Crippen molar-refractivity contribution < 1.29 is 0 Å². The van der Waals surface area contributed by atoms with E-state index in [1.54, 1.807) is 0 Å². The SMILES string of the molecule is CC(NC1CCc2cc(Br)ccc21)c1cccc(Br)c1. The molecule has 20 heavy (non-hydrogen) atoms. The van der Waals surface area contributed by atoms with Crippen molar-refractivity contribution in [1.29, 1.82) is 0 Å². The van der Waals surface area contributed by atoms with E-state index in [1.807, 2.05) is 0 Å². The summed E-state index contributed by atoms with van der Waals surface area (Å²) in [5, 5.41) is 3.76. The van der Waals surface area contributed by atoms with Crippen molar-refractivity contribution in [3.8, 4) is 0 Å². The highest BCUT2D eigenvalue weighted by Gasteiger charge is 2.23. The van der Waals surface area contributed by atoms with E-state index in [0.717, 1.165) is 10.9 Å². The fourth-order valence-electron chi connectivity index (χ4n) is 2.93. The maximum atomic E-state index is 3.76. The van der Waals surface area contributed by atoms with Crippen LogP contribution in [-0.4, -0.2) is 0 Å². The van der Waals surface area contributed by atoms with Crippen molar-refractivity contribution in [2.24, 2.45) is 0 Å². The van der Waals surface area contributed by atoms with Gasteiger partial charge in [0, 0.05) is 21.0 Å². The molecule has 0 fully saturated rings. The third kappa shape index (κ3) is 3.00. The van der Waals surface area contributed by atoms with Gasteiger partial charge in [-0.25, -0.2) is 0 Å². The first-order valence-corrected chi connectivity index (χ1v) is 8.52. The number of halogens is 2. The van der Waals surface area contributed by atoms with Crippen LogP contribution in [0.15, 0.2) is 51.4 Å². The van der Waals surface area contributed by atoms with Gasteiger partial charge >= 0.3 is 0 Å². The van der Waals surface area contributed by atoms with Crippen LogP contribution in [0, 0.1) is 0 Å². The molecule has 104 valence electrons. The van der Waals surface area contributed by atoms with Crippen molar-refractivity contribution in [2.45, 2.75) is 31.8 Å². The Labute approximate surface area is 137 Å². The molecule has 1 nitrogen and oxygen atoms in total. The topological polar surface area (TPSA) is 12.0 Å². The van der Waals surface area contributed by atoms with E-state index in [2.05, 4.69) is 86.6 Å². The Morgan fingerprint density at radius 1 is 1.10 bits per heavy atom. The first-order chi connectivity index (χ1) is 9.63. The van der Waals surface area contributed by atoms with Gasteiger partial charge < -0.3 is 5.32 Å². The van der Waals surface area contributed by atoms with Gasteiger partial charge in [0.05, 0.1) is 0 Å². The number of hydrogen-bond donors (Lipinski definition) is 1. The van der Waals surface area contributed by atoms with Gasteiger partial charge in [-0.3, -0.25) is 0 Å². The second-order valence-electron chi connectivity index (χ2n) is 5.38. The fraction of sp³-hybridized carbons (Fsp3) is 0.294. The maximum Gasteiger partial charge on any atom is 0.0331 e. The van der Waals surface area contributed by atoms with E-state index >= 15 is 0 Å². The Bertz CT molecular complexity index is 624. The van der Waals surface area contributed by atoms with Crippen molar-refractivity contribution >= 4 is 31.9 Å². The van der Waals surface area contributed by atoms with E-state index in [-0.39, 0.29) is 0 Å². The summed E-state index contributed by atoms with van der Waals surface area (Å²) in [5.74, 6) is 0. The number of hydrogen-bond acceptors (Lipinski definition) is 1. The summed E-state index contributed by atoms with van der Waals surface area (Å²) >= 11 is 7.10. The lowest BCUT2D eigenvalue weighted by Gasteiger charge is -2.21. The summed E-state index contributed by atoms with van der Waals surface area (Å²) in [6.07, 6.45) is 2.35. The Hall–Kier alpha value is -0.640. The van der Waals surface area contributed by atoms with Gasteiger partial charge in [0.1, 0.15) is 0 Å². The molecule has 2 unspecified atom stereocenters. The third-order valence-electron chi connectivity index (χ3n) is 3.98. The molecule has 3 rings (SSSR count). The molecule has 2 aromatic rings. The van der Waals surface area contributed by atoms with Crippen LogP contribution in [0.5, 0.6) is 0 Å². The van der Waals surface area contributed by atoms with E-state index in [0.29, 0.717) is 12.1 Å². The highest BCUT2D eigenvalue weighted by atomic mass is 79.9. The monoisotopic (exact) mass is 393 g/mol. The van der Waals surface area contributed by atoms with Crippen LogP contribution >= 0.6 is 31.9 Å². The second-order valence-corrected chi connectivity index (χ2v) is 7.21. The highest BCUT2D eigenvalue weighted by Crippen LogP contribution is 2.34. The van der Waals surface area contributed by atoms with Crippen molar-refractivity contribution in [3.63, 3.8) is 0 Å². The standard InChI is InChI=1S/C17H17Br2N/c1-11(12-3-2-4-14(18)9-12)20-17-8-5-13-10-15(19)6-7-16(13)17/h2-4,6-7,9-11,17,20H,5,8H2,1H3. The van der Waals surface area contributed by atoms with E-state index in [9.17, 15) is 0 Å². The Kier molecular flexibility index (Phi) is 4.29. The largest absolute Gasteiger partial charge is 0.303 e. The molecule has 0 saturated carbocycles. The molecule has 1 aliphatic carbocycles. The highest BCUT2D eigenvalue weighted by molar-refractivity contribution is 9.10. The zero-order valence-electron chi connectivity index (χ0n) is 11.4. The van der Waals surface area contributed by atoms with Gasteiger partial charge in [-0.15, -0.1) is 0 Å². The summed E-state index contributed by atoms with van der Waals surface area (Å²) < 4.78 is 2.32. The molecule has 0 amide bonds. The molecule has 0 radical (unpaired) electrons. The van der Waals surface area contributed by atoms with Crippen LogP contribution in [0.2, 0.25) is 0 Å². The molecule has 0 heterocycles. The Morgan fingerprint density at radius 2 is 1.90 bits per heavy atom. The predicted molar refractivity (Wildman–Crippen MR) is 90.9 cm³/mol. The molecule has 0 aliphatic heterocycles. The number of aryl methyl sites for hydroxylation is 1. The fourth-order valence-corrected chi connectivity index (χ4v) is 3.76. The first kappa shape index (κ1) is 14.3. The van der Waals surface area contributed by atoms with Gasteiger partial charge in [0.15, 0.2) is 0 Å². The molecule has 0 bridgehead atoms. The molecule has 1 N–H and O–H groups in total. The van der Waals surface area contributed by atoms with Crippen molar-refractivity contribution in [3.05, 3.63) is 68.1 Å². The summed E-state index contributed by atoms with van der Waals surface area (Å²) in [6, 6.07) is 16.0. The number of benzene rings is 2. The van der Waals surface area contributed by atoms with Crippen LogP contribution in [0.3, 0.4) is 0 Å². The van der Waals surface area contributed by atoms with Crippen molar-refractivity contribution in [1.82, 2.24) is 5.32 Å². The summed E-state index contributed by atoms with van der Waals surface area (Å²) in [4.78, 5) is 0. The normalized spacial score (nSPS) is 18.9. The average Bonchev–Trinajstić information content (AvgIpc) is 2.81. The molecule has 3 heteroatoms. The smallest absolute Gasteiger partial charge is 0.0331 e. The minimum absolute atomic E-state index is 0.354. The molecule has 0 spiro atoms. The van der Waals surface area contributed by atoms with Gasteiger partial charge in [0.25, 0.3) is 0 Å². The predicted octanol–water partition coefficient (Wildman–Crippen LogP) is 5.55. The van der Waals surface area contributed by atoms with Gasteiger partial charge in [-0.1, -0.05) is 50.1 Å². The molecule has 2 atom stereocenters. The summed E-state index contributed by atoms with van der Waals surface area (Å²) in [5.41, 5.74) is 4.25. The lowest BCUT2D eigenvalue weighted by atomic mass is 10.0. The third-order valence-corrected chi connectivity index (χ3v) is 4.97. The minimum Gasteiger partial charge on any atom is -0.303 e. The molecule has 0 aromatic heterocycles. The number of fused-ring (bicyclic) bond motifs is 1. The first-order valence-electron chi connectivity index (χ1n) is 6.93. The van der Waals surface area contributed by atoms with Crippen LogP contribution < -0.4 is 5.32 Å². The van der Waals surface area contributed by atoms with Crippen LogP contribution in [0.1, 0.15) is 42.1 Å². The van der Waals surface area contributed by atoms with Crippen LogP contribution in [0.4, 0.5) is 0 Å². The average molecular weight is 395 g/mol. The molecule has 0 saturated heterocycles. The molecule has 1 aliphatic rings. The lowest BCUT2D eigenvalue weighted by Crippen LogP contribution is -2.23. The molecular weight excluding hydrogens is 378 g/mol. The maximum absolute atomic E-state index is 3.76. The Balaban J connectivity index is 1.77. The van der Waals surface area contributed by atoms with Crippen LogP contribution in [-0.2, 0) is 6.42 Å². The second kappa shape index (κ2) is 6.00. The molecular formula is C17H17Br2N. The zero-order valence-corrected chi connectivity index (χ0v) is 14.5. The van der Waals surface area contributed by atoms with Gasteiger partial charge in [-0.05, 0) is 60.7 Å². The summed E-state index contributed by atoms with van der Waals surface area (Å²) in [7, 11) is 0. The Morgan fingerprint density at radius 3 is 2.70 bits per heavy atom. The minimum atomic E-state index is 0.354. The van der Waals surface area contributed by atoms with Crippen molar-refractivity contribution in [2.75, 3.05) is 0 Å². The summed E-state index contributed by atoms with van der Waals surface area (Å²) in [6.45, 7) is 2.23. The number of rotatable bonds is 3. The zero-order chi connectivity index (χ0) is 14.1. The van der Waals surface area contributed by atoms with Gasteiger partial charge in [-0.2, -0.15) is 0 Å².